The summed E-state index contributed by atoms with van der Waals surface area (Å²) < 4.78 is 5.52. The monoisotopic (exact) mass is 286 g/mol. The third-order valence-electron chi connectivity index (χ3n) is 4.50. The van der Waals surface area contributed by atoms with Crippen LogP contribution in [0.2, 0.25) is 0 Å². The number of nitrogens with one attached hydrogen (secondary N) is 2. The molecule has 1 saturated heterocycles. The van der Waals surface area contributed by atoms with Crippen molar-refractivity contribution in [3.05, 3.63) is 48.0 Å². The van der Waals surface area contributed by atoms with Gasteiger partial charge in [0.25, 0.3) is 0 Å². The van der Waals surface area contributed by atoms with E-state index in [-0.39, 0.29) is 17.4 Å². The predicted octanol–water partition coefficient (Wildman–Crippen LogP) is 1.38. The topological polar surface area (TPSA) is 50.4 Å². The van der Waals surface area contributed by atoms with E-state index in [2.05, 4.69) is 34.9 Å². The van der Waals surface area contributed by atoms with Crippen LogP contribution in [0.15, 0.2) is 42.5 Å². The average molecular weight is 286 g/mol. The Morgan fingerprint density at radius 1 is 1.29 bits per heavy atom. The number of amides is 1. The molecule has 0 bridgehead atoms. The van der Waals surface area contributed by atoms with Crippen molar-refractivity contribution in [2.24, 2.45) is 0 Å². The van der Waals surface area contributed by atoms with Crippen LogP contribution in [-0.2, 0) is 14.9 Å². The highest BCUT2D eigenvalue weighted by atomic mass is 16.5. The summed E-state index contributed by atoms with van der Waals surface area (Å²) in [4.78, 5) is 12.2. The van der Waals surface area contributed by atoms with E-state index >= 15 is 0 Å². The third-order valence-corrected chi connectivity index (χ3v) is 4.50. The van der Waals surface area contributed by atoms with Crippen molar-refractivity contribution in [3.63, 3.8) is 0 Å². The number of hydrogen-bond donors (Lipinski definition) is 2. The Labute approximate surface area is 125 Å². The molecule has 0 aliphatic carbocycles. The maximum absolute atomic E-state index is 12.2. The molecule has 4 heteroatoms. The third kappa shape index (κ3) is 3.17. The van der Waals surface area contributed by atoms with Gasteiger partial charge in [-0.25, -0.2) is 0 Å². The molecule has 0 unspecified atom stereocenters. The standard InChI is InChI=1S/C17H22N2O2/c20-16(15-7-4-10-18-15)19-13-17(8-11-21-12-9-17)14-5-2-1-3-6-14/h1-7,15,18H,8-13H2,(H,19,20)/t15-/m1/s1. The summed E-state index contributed by atoms with van der Waals surface area (Å²) in [7, 11) is 0. The van der Waals surface area contributed by atoms with Crippen LogP contribution in [0.25, 0.3) is 0 Å². The molecule has 4 nitrogen and oxygen atoms in total. The van der Waals surface area contributed by atoms with E-state index in [1.807, 2.05) is 18.2 Å². The van der Waals surface area contributed by atoms with Gasteiger partial charge in [-0.05, 0) is 18.4 Å². The van der Waals surface area contributed by atoms with E-state index in [9.17, 15) is 4.79 Å². The summed E-state index contributed by atoms with van der Waals surface area (Å²) in [6, 6.07) is 10.3. The molecule has 1 aromatic rings. The molecule has 2 N–H and O–H groups in total. The number of rotatable bonds is 4. The van der Waals surface area contributed by atoms with Crippen molar-refractivity contribution < 1.29 is 9.53 Å². The lowest BCUT2D eigenvalue weighted by molar-refractivity contribution is -0.122. The highest BCUT2D eigenvalue weighted by Gasteiger charge is 2.35. The molecule has 0 radical (unpaired) electrons. The fraction of sp³-hybridized carbons (Fsp3) is 0.471. The first-order chi connectivity index (χ1) is 10.3. The van der Waals surface area contributed by atoms with Crippen LogP contribution >= 0.6 is 0 Å². The smallest absolute Gasteiger partial charge is 0.241 e. The highest BCUT2D eigenvalue weighted by Crippen LogP contribution is 2.34. The SMILES string of the molecule is O=C(NCC1(c2ccccc2)CCOCC1)[C@H]1C=CCN1. The number of hydrogen-bond acceptors (Lipinski definition) is 3. The molecule has 2 aliphatic rings. The van der Waals surface area contributed by atoms with Crippen molar-refractivity contribution in [3.8, 4) is 0 Å². The fourth-order valence-electron chi connectivity index (χ4n) is 3.13. The van der Waals surface area contributed by atoms with Gasteiger partial charge in [0.1, 0.15) is 6.04 Å². The summed E-state index contributed by atoms with van der Waals surface area (Å²) in [5, 5.41) is 6.27. The second-order valence-electron chi connectivity index (χ2n) is 5.79. The normalized spacial score (nSPS) is 23.9. The fourth-order valence-corrected chi connectivity index (χ4v) is 3.13. The van der Waals surface area contributed by atoms with Gasteiger partial charge in [0.2, 0.25) is 5.91 Å². The highest BCUT2D eigenvalue weighted by molar-refractivity contribution is 5.84. The average Bonchev–Trinajstić information content (AvgIpc) is 3.09. The summed E-state index contributed by atoms with van der Waals surface area (Å²) in [6.07, 6.45) is 5.82. The Balaban J connectivity index is 1.71. The number of carbonyl (C=O) groups is 1. The largest absolute Gasteiger partial charge is 0.381 e. The number of benzene rings is 1. The van der Waals surface area contributed by atoms with Crippen molar-refractivity contribution >= 4 is 5.91 Å². The van der Waals surface area contributed by atoms with Crippen LogP contribution in [0.3, 0.4) is 0 Å². The van der Waals surface area contributed by atoms with Gasteiger partial charge in [-0.15, -0.1) is 0 Å². The molecule has 112 valence electrons. The van der Waals surface area contributed by atoms with Gasteiger partial charge in [0, 0.05) is 31.7 Å². The Bertz CT molecular complexity index is 507. The van der Waals surface area contributed by atoms with Gasteiger partial charge in [-0.1, -0.05) is 42.5 Å². The van der Waals surface area contributed by atoms with E-state index in [0.717, 1.165) is 32.6 Å². The van der Waals surface area contributed by atoms with Crippen LogP contribution in [0.4, 0.5) is 0 Å². The first-order valence-electron chi connectivity index (χ1n) is 7.61. The van der Waals surface area contributed by atoms with E-state index in [1.54, 1.807) is 0 Å². The molecular formula is C17H22N2O2. The second kappa shape index (κ2) is 6.41. The van der Waals surface area contributed by atoms with Gasteiger partial charge in [0.05, 0.1) is 0 Å². The number of carbonyl (C=O) groups excluding carboxylic acids is 1. The minimum atomic E-state index is -0.183. The lowest BCUT2D eigenvalue weighted by Crippen LogP contribution is -2.48. The second-order valence-corrected chi connectivity index (χ2v) is 5.79. The molecule has 1 aromatic carbocycles. The van der Waals surface area contributed by atoms with Crippen LogP contribution in [0.5, 0.6) is 0 Å². The molecule has 1 amide bonds. The van der Waals surface area contributed by atoms with Crippen molar-refractivity contribution in [2.45, 2.75) is 24.3 Å². The van der Waals surface area contributed by atoms with Crippen molar-refractivity contribution in [1.29, 1.82) is 0 Å². The van der Waals surface area contributed by atoms with E-state index in [0.29, 0.717) is 6.54 Å². The molecule has 3 rings (SSSR count). The zero-order valence-corrected chi connectivity index (χ0v) is 12.2. The Hall–Kier alpha value is -1.65. The van der Waals surface area contributed by atoms with Gasteiger partial charge < -0.3 is 10.1 Å². The maximum Gasteiger partial charge on any atom is 0.241 e. The summed E-state index contributed by atoms with van der Waals surface area (Å²) >= 11 is 0. The lowest BCUT2D eigenvalue weighted by atomic mass is 9.74. The molecule has 0 aromatic heterocycles. The van der Waals surface area contributed by atoms with Crippen molar-refractivity contribution in [1.82, 2.24) is 10.6 Å². The molecule has 0 saturated carbocycles. The predicted molar refractivity (Wildman–Crippen MR) is 82.1 cm³/mol. The van der Waals surface area contributed by atoms with E-state index in [1.165, 1.54) is 5.56 Å². The zero-order chi connectivity index (χ0) is 14.5. The Morgan fingerprint density at radius 3 is 2.71 bits per heavy atom. The maximum atomic E-state index is 12.2. The quantitative estimate of drug-likeness (QED) is 0.822. The minimum absolute atomic E-state index is 0.00249. The first kappa shape index (κ1) is 14.3. The zero-order valence-electron chi connectivity index (χ0n) is 12.2. The van der Waals surface area contributed by atoms with Gasteiger partial charge in [-0.2, -0.15) is 0 Å². The molecule has 2 aliphatic heterocycles. The van der Waals surface area contributed by atoms with E-state index < -0.39 is 0 Å². The Kier molecular flexibility index (Phi) is 4.36. The summed E-state index contributed by atoms with van der Waals surface area (Å²) in [5.41, 5.74) is 1.29. The van der Waals surface area contributed by atoms with Crippen LogP contribution in [0.1, 0.15) is 18.4 Å². The van der Waals surface area contributed by atoms with Crippen molar-refractivity contribution in [2.75, 3.05) is 26.3 Å². The Morgan fingerprint density at radius 2 is 2.05 bits per heavy atom. The number of ether oxygens (including phenoxy) is 1. The van der Waals surface area contributed by atoms with Crippen LogP contribution in [0, 0.1) is 0 Å². The molecule has 1 fully saturated rings. The molecule has 0 spiro atoms. The lowest BCUT2D eigenvalue weighted by Gasteiger charge is -2.38. The van der Waals surface area contributed by atoms with E-state index in [4.69, 9.17) is 4.74 Å². The molecule has 1 atom stereocenters. The molecular weight excluding hydrogens is 264 g/mol. The minimum Gasteiger partial charge on any atom is -0.381 e. The summed E-state index contributed by atoms with van der Waals surface area (Å²) in [6.45, 7) is 2.96. The van der Waals surface area contributed by atoms with Crippen LogP contribution in [-0.4, -0.2) is 38.3 Å². The molecule has 21 heavy (non-hydrogen) atoms. The first-order valence-corrected chi connectivity index (χ1v) is 7.61. The van der Waals surface area contributed by atoms with Gasteiger partial charge in [0.15, 0.2) is 0 Å². The van der Waals surface area contributed by atoms with Gasteiger partial charge >= 0.3 is 0 Å². The van der Waals surface area contributed by atoms with Gasteiger partial charge in [-0.3, -0.25) is 10.1 Å². The van der Waals surface area contributed by atoms with Crippen LogP contribution < -0.4 is 10.6 Å². The summed E-state index contributed by atoms with van der Waals surface area (Å²) in [5.74, 6) is 0.0607. The molecule has 2 heterocycles.